The van der Waals surface area contributed by atoms with Crippen molar-refractivity contribution < 1.29 is 0 Å². The molecule has 0 aliphatic rings. The molecule has 2 N–H and O–H groups in total. The molecule has 0 amide bonds. The molecule has 1 aromatic heterocycles. The highest BCUT2D eigenvalue weighted by Crippen LogP contribution is 2.23. The number of nitrogens with two attached hydrogens (primary N) is 1. The predicted octanol–water partition coefficient (Wildman–Crippen LogP) is 1.77. The van der Waals surface area contributed by atoms with Gasteiger partial charge in [-0.3, -0.25) is 4.68 Å². The van der Waals surface area contributed by atoms with E-state index in [4.69, 9.17) is 5.73 Å². The molecule has 0 bridgehead atoms. The fourth-order valence-electron chi connectivity index (χ4n) is 1.62. The topological polar surface area (TPSA) is 43.8 Å². The third-order valence-electron chi connectivity index (χ3n) is 2.45. The lowest BCUT2D eigenvalue weighted by molar-refractivity contribution is 0.750. The maximum absolute atomic E-state index is 5.77. The molecule has 0 atom stereocenters. The number of benzene rings is 1. The molecule has 1 aromatic carbocycles. The summed E-state index contributed by atoms with van der Waals surface area (Å²) in [5.41, 5.74) is 9.92. The molecule has 3 nitrogen and oxygen atoms in total. The van der Waals surface area contributed by atoms with Crippen LogP contribution in [-0.4, -0.2) is 9.78 Å². The van der Waals surface area contributed by atoms with Gasteiger partial charge < -0.3 is 5.73 Å². The van der Waals surface area contributed by atoms with E-state index in [1.54, 1.807) is 0 Å². The highest BCUT2D eigenvalue weighted by molar-refractivity contribution is 5.87. The van der Waals surface area contributed by atoms with Gasteiger partial charge >= 0.3 is 0 Å². The third-order valence-corrected chi connectivity index (χ3v) is 2.45. The van der Waals surface area contributed by atoms with Crippen molar-refractivity contribution in [3.8, 4) is 0 Å². The van der Waals surface area contributed by atoms with Crippen molar-refractivity contribution >= 4 is 16.6 Å². The van der Waals surface area contributed by atoms with E-state index in [2.05, 4.69) is 5.10 Å². The van der Waals surface area contributed by atoms with E-state index in [-0.39, 0.29) is 0 Å². The number of anilines is 1. The Morgan fingerprint density at radius 3 is 2.69 bits per heavy atom. The minimum atomic E-state index is 0.807. The van der Waals surface area contributed by atoms with Crippen LogP contribution >= 0.6 is 0 Å². The Morgan fingerprint density at radius 1 is 1.31 bits per heavy atom. The summed E-state index contributed by atoms with van der Waals surface area (Å²) < 4.78 is 1.89. The number of hydrogen-bond donors (Lipinski definition) is 1. The molecular weight excluding hydrogens is 162 g/mol. The van der Waals surface area contributed by atoms with Gasteiger partial charge in [0.1, 0.15) is 0 Å². The van der Waals surface area contributed by atoms with Gasteiger partial charge in [0.05, 0.1) is 5.52 Å². The predicted molar refractivity (Wildman–Crippen MR) is 54.6 cm³/mol. The lowest BCUT2D eigenvalue weighted by atomic mass is 10.1. The average molecular weight is 175 g/mol. The highest BCUT2D eigenvalue weighted by Gasteiger charge is 2.07. The molecule has 0 fully saturated rings. The molecule has 0 aliphatic heterocycles. The Labute approximate surface area is 77.2 Å². The number of nitrogens with zero attached hydrogens (tertiary/aromatic N) is 2. The van der Waals surface area contributed by atoms with E-state index in [1.165, 1.54) is 0 Å². The van der Waals surface area contributed by atoms with Crippen LogP contribution in [0.3, 0.4) is 0 Å². The Morgan fingerprint density at radius 2 is 2.00 bits per heavy atom. The average Bonchev–Trinajstić information content (AvgIpc) is 2.32. The van der Waals surface area contributed by atoms with Gasteiger partial charge in [-0.2, -0.15) is 5.10 Å². The summed E-state index contributed by atoms with van der Waals surface area (Å²) in [5.74, 6) is 0. The fraction of sp³-hybridized carbons (Fsp3) is 0.300. The molecule has 0 saturated heterocycles. The Bertz CT molecular complexity index is 468. The van der Waals surface area contributed by atoms with Crippen molar-refractivity contribution in [1.29, 1.82) is 0 Å². The first kappa shape index (κ1) is 8.10. The van der Waals surface area contributed by atoms with Crippen molar-refractivity contribution in [1.82, 2.24) is 9.78 Å². The van der Waals surface area contributed by atoms with Crippen LogP contribution in [0.5, 0.6) is 0 Å². The summed E-state index contributed by atoms with van der Waals surface area (Å²) in [5, 5.41) is 5.57. The third kappa shape index (κ3) is 1.08. The summed E-state index contributed by atoms with van der Waals surface area (Å²) in [4.78, 5) is 0. The van der Waals surface area contributed by atoms with Crippen molar-refractivity contribution in [2.75, 3.05) is 5.73 Å². The SMILES string of the molecule is Cc1cc(N)cc2c(C)n(C)nc12. The molecule has 68 valence electrons. The molecule has 0 spiro atoms. The van der Waals surface area contributed by atoms with E-state index in [1.807, 2.05) is 37.7 Å². The molecule has 0 saturated carbocycles. The van der Waals surface area contributed by atoms with Gasteiger partial charge in [0.15, 0.2) is 0 Å². The molecular formula is C10H13N3. The molecule has 0 unspecified atom stereocenters. The van der Waals surface area contributed by atoms with Crippen molar-refractivity contribution in [2.24, 2.45) is 7.05 Å². The lowest BCUT2D eigenvalue weighted by Gasteiger charge is -1.97. The first-order valence-corrected chi connectivity index (χ1v) is 4.29. The monoisotopic (exact) mass is 175 g/mol. The van der Waals surface area contributed by atoms with Gasteiger partial charge in [-0.15, -0.1) is 0 Å². The van der Waals surface area contributed by atoms with Gasteiger partial charge in [0.2, 0.25) is 0 Å². The highest BCUT2D eigenvalue weighted by atomic mass is 15.3. The van der Waals surface area contributed by atoms with Crippen LogP contribution in [0.2, 0.25) is 0 Å². The summed E-state index contributed by atoms with van der Waals surface area (Å²) in [6.45, 7) is 4.08. The number of hydrogen-bond acceptors (Lipinski definition) is 2. The van der Waals surface area contributed by atoms with Gasteiger partial charge in [-0.1, -0.05) is 0 Å². The summed E-state index contributed by atoms with van der Waals surface area (Å²) >= 11 is 0. The molecule has 3 heteroatoms. The standard InChI is InChI=1S/C10H13N3/c1-6-4-8(11)5-9-7(2)13(3)12-10(6)9/h4-5H,11H2,1-3H3. The van der Waals surface area contributed by atoms with Crippen LogP contribution in [0.1, 0.15) is 11.3 Å². The maximum atomic E-state index is 5.77. The van der Waals surface area contributed by atoms with Gasteiger partial charge in [-0.25, -0.2) is 0 Å². The lowest BCUT2D eigenvalue weighted by Crippen LogP contribution is -1.91. The first-order chi connectivity index (χ1) is 6.09. The second-order valence-corrected chi connectivity index (χ2v) is 3.44. The molecule has 0 radical (unpaired) electrons. The number of fused-ring (bicyclic) bond motifs is 1. The summed E-state index contributed by atoms with van der Waals surface area (Å²) in [7, 11) is 1.95. The molecule has 0 aliphatic carbocycles. The van der Waals surface area contributed by atoms with E-state index >= 15 is 0 Å². The minimum absolute atomic E-state index is 0.807. The van der Waals surface area contributed by atoms with Gasteiger partial charge in [0, 0.05) is 23.8 Å². The number of nitrogen functional groups attached to an aromatic ring is 1. The van der Waals surface area contributed by atoms with Crippen LogP contribution in [0.15, 0.2) is 12.1 Å². The smallest absolute Gasteiger partial charge is 0.0956 e. The van der Waals surface area contributed by atoms with Gasteiger partial charge in [-0.05, 0) is 31.5 Å². The molecule has 1 heterocycles. The van der Waals surface area contributed by atoms with E-state index in [0.717, 1.165) is 27.8 Å². The summed E-state index contributed by atoms with van der Waals surface area (Å²) in [6.07, 6.45) is 0. The van der Waals surface area contributed by atoms with Crippen LogP contribution in [0, 0.1) is 13.8 Å². The van der Waals surface area contributed by atoms with Crippen molar-refractivity contribution in [3.63, 3.8) is 0 Å². The second-order valence-electron chi connectivity index (χ2n) is 3.44. The number of aryl methyl sites for hydroxylation is 3. The zero-order chi connectivity index (χ0) is 9.59. The number of rotatable bonds is 0. The normalized spacial score (nSPS) is 11.0. The van der Waals surface area contributed by atoms with Gasteiger partial charge in [0.25, 0.3) is 0 Å². The Kier molecular flexibility index (Phi) is 1.55. The van der Waals surface area contributed by atoms with Crippen LogP contribution in [0.25, 0.3) is 10.9 Å². The number of aromatic nitrogens is 2. The second kappa shape index (κ2) is 2.49. The zero-order valence-corrected chi connectivity index (χ0v) is 8.13. The molecule has 2 aromatic rings. The molecule has 2 rings (SSSR count). The van der Waals surface area contributed by atoms with E-state index < -0.39 is 0 Å². The van der Waals surface area contributed by atoms with E-state index in [9.17, 15) is 0 Å². The van der Waals surface area contributed by atoms with Crippen molar-refractivity contribution in [3.05, 3.63) is 23.4 Å². The Hall–Kier alpha value is -1.51. The van der Waals surface area contributed by atoms with Crippen LogP contribution < -0.4 is 5.73 Å². The fourth-order valence-corrected chi connectivity index (χ4v) is 1.62. The maximum Gasteiger partial charge on any atom is 0.0956 e. The van der Waals surface area contributed by atoms with E-state index in [0.29, 0.717) is 0 Å². The molecule has 13 heavy (non-hydrogen) atoms. The minimum Gasteiger partial charge on any atom is -0.399 e. The van der Waals surface area contributed by atoms with Crippen LogP contribution in [0.4, 0.5) is 5.69 Å². The van der Waals surface area contributed by atoms with Crippen molar-refractivity contribution in [2.45, 2.75) is 13.8 Å². The summed E-state index contributed by atoms with van der Waals surface area (Å²) in [6, 6.07) is 3.93. The van der Waals surface area contributed by atoms with Crippen LogP contribution in [-0.2, 0) is 7.05 Å². The Balaban J connectivity index is 2.94. The first-order valence-electron chi connectivity index (χ1n) is 4.29. The zero-order valence-electron chi connectivity index (χ0n) is 8.13. The largest absolute Gasteiger partial charge is 0.399 e. The quantitative estimate of drug-likeness (QED) is 0.620.